The number of amides is 1. The van der Waals surface area contributed by atoms with Gasteiger partial charge in [0.15, 0.2) is 10.9 Å². The fourth-order valence-electron chi connectivity index (χ4n) is 3.51. The van der Waals surface area contributed by atoms with E-state index in [-0.39, 0.29) is 17.0 Å². The monoisotopic (exact) mass is 478 g/mol. The van der Waals surface area contributed by atoms with E-state index in [1.54, 1.807) is 5.38 Å². The molecule has 2 N–H and O–H groups in total. The summed E-state index contributed by atoms with van der Waals surface area (Å²) in [4.78, 5) is 26.6. The molecule has 0 fully saturated rings. The molecular weight excluding hydrogens is 457 g/mol. The largest absolute Gasteiger partial charge is 0.453 e. The molecular formula is C21H21F3N6O2S. The SMILES string of the molecule is COC(=O)Nc1cc(C(F)(F)F)cnc1Nc1nc(-c2cc3c(cn2)N(C)C(C)(C)C3)cs1. The van der Waals surface area contributed by atoms with Gasteiger partial charge in [-0.2, -0.15) is 13.2 Å². The molecule has 0 radical (unpaired) electrons. The van der Waals surface area contributed by atoms with Crippen molar-refractivity contribution in [3.05, 3.63) is 41.0 Å². The number of carbonyl (C=O) groups excluding carboxylic acids is 1. The van der Waals surface area contributed by atoms with Gasteiger partial charge in [-0.1, -0.05) is 0 Å². The van der Waals surface area contributed by atoms with Gasteiger partial charge < -0.3 is 15.0 Å². The predicted octanol–water partition coefficient (Wildman–Crippen LogP) is 5.31. The molecule has 1 aliphatic rings. The number of aromatic nitrogens is 3. The molecule has 0 atom stereocenters. The second-order valence-corrected chi connectivity index (χ2v) is 9.00. The molecule has 1 amide bonds. The minimum Gasteiger partial charge on any atom is -0.453 e. The van der Waals surface area contributed by atoms with Crippen LogP contribution in [0.15, 0.2) is 29.9 Å². The number of carbonyl (C=O) groups is 1. The molecule has 0 aromatic carbocycles. The number of nitrogens with one attached hydrogen (secondary N) is 2. The minimum atomic E-state index is -4.62. The molecule has 0 aliphatic carbocycles. The van der Waals surface area contributed by atoms with Crippen molar-refractivity contribution in [3.8, 4) is 11.4 Å². The Morgan fingerprint density at radius 2 is 1.97 bits per heavy atom. The Labute approximate surface area is 191 Å². The fraction of sp³-hybridized carbons (Fsp3) is 0.333. The second-order valence-electron chi connectivity index (χ2n) is 8.14. The highest BCUT2D eigenvalue weighted by Gasteiger charge is 2.34. The van der Waals surface area contributed by atoms with Gasteiger partial charge in [0, 0.05) is 24.2 Å². The Hall–Kier alpha value is -3.41. The lowest BCUT2D eigenvalue weighted by molar-refractivity contribution is -0.137. The van der Waals surface area contributed by atoms with Gasteiger partial charge in [-0.05, 0) is 38.0 Å². The van der Waals surface area contributed by atoms with Crippen molar-refractivity contribution < 1.29 is 22.7 Å². The maximum absolute atomic E-state index is 13.1. The van der Waals surface area contributed by atoms with E-state index in [1.165, 1.54) is 16.9 Å². The summed E-state index contributed by atoms with van der Waals surface area (Å²) >= 11 is 1.24. The molecule has 3 aromatic heterocycles. The number of pyridine rings is 2. The number of methoxy groups -OCH3 is 1. The number of ether oxygens (including phenoxy) is 1. The maximum Gasteiger partial charge on any atom is 0.417 e. The number of halogens is 3. The van der Waals surface area contributed by atoms with Crippen molar-refractivity contribution in [2.45, 2.75) is 32.0 Å². The third-order valence-electron chi connectivity index (χ3n) is 5.49. The Morgan fingerprint density at radius 1 is 1.21 bits per heavy atom. The van der Waals surface area contributed by atoms with Crippen molar-refractivity contribution in [2.75, 3.05) is 29.7 Å². The van der Waals surface area contributed by atoms with Crippen molar-refractivity contribution in [3.63, 3.8) is 0 Å². The summed E-state index contributed by atoms with van der Waals surface area (Å²) in [5, 5.41) is 7.28. The molecule has 0 unspecified atom stereocenters. The Bertz CT molecular complexity index is 1210. The van der Waals surface area contributed by atoms with Crippen LogP contribution >= 0.6 is 11.3 Å². The third kappa shape index (κ3) is 4.56. The summed E-state index contributed by atoms with van der Waals surface area (Å²) in [6.45, 7) is 4.32. The van der Waals surface area contributed by atoms with E-state index < -0.39 is 17.8 Å². The molecule has 0 spiro atoms. The lowest BCUT2D eigenvalue weighted by Gasteiger charge is -2.29. The van der Waals surface area contributed by atoms with Gasteiger partial charge in [0.25, 0.3) is 0 Å². The van der Waals surface area contributed by atoms with Gasteiger partial charge >= 0.3 is 12.3 Å². The van der Waals surface area contributed by atoms with E-state index in [0.29, 0.717) is 22.7 Å². The van der Waals surface area contributed by atoms with Crippen LogP contribution in [0.3, 0.4) is 0 Å². The fourth-order valence-corrected chi connectivity index (χ4v) is 4.21. The smallest absolute Gasteiger partial charge is 0.417 e. The van der Waals surface area contributed by atoms with E-state index in [2.05, 4.69) is 49.1 Å². The van der Waals surface area contributed by atoms with E-state index in [9.17, 15) is 18.0 Å². The standard InChI is InChI=1S/C21H21F3N6O2S/c1-20(2)7-11-5-13(25-9-16(11)30(20)3)15-10-33-18(27-15)29-17-14(28-19(31)32-4)6-12(8-26-17)21(22,23)24/h5-6,8-10H,7H2,1-4H3,(H,28,31)(H,26,27,29). The van der Waals surface area contributed by atoms with E-state index in [4.69, 9.17) is 0 Å². The number of hydrogen-bond donors (Lipinski definition) is 2. The van der Waals surface area contributed by atoms with Crippen molar-refractivity contribution in [1.82, 2.24) is 15.0 Å². The average molecular weight is 479 g/mol. The van der Waals surface area contributed by atoms with E-state index >= 15 is 0 Å². The Balaban J connectivity index is 1.60. The lowest BCUT2D eigenvalue weighted by atomic mass is 9.99. The zero-order valence-electron chi connectivity index (χ0n) is 18.2. The number of rotatable bonds is 4. The first kappa shape index (κ1) is 22.8. The molecule has 0 bridgehead atoms. The molecule has 0 saturated carbocycles. The minimum absolute atomic E-state index is 0.000382. The average Bonchev–Trinajstić information content (AvgIpc) is 3.30. The number of nitrogens with zero attached hydrogens (tertiary/aromatic N) is 4. The van der Waals surface area contributed by atoms with Crippen LogP contribution in [-0.4, -0.2) is 40.7 Å². The van der Waals surface area contributed by atoms with Gasteiger partial charge in [-0.15, -0.1) is 11.3 Å². The third-order valence-corrected chi connectivity index (χ3v) is 6.25. The van der Waals surface area contributed by atoms with Gasteiger partial charge in [0.1, 0.15) is 5.69 Å². The predicted molar refractivity (Wildman–Crippen MR) is 120 cm³/mol. The second kappa shape index (κ2) is 8.18. The molecule has 3 aromatic rings. The van der Waals surface area contributed by atoms with Crippen molar-refractivity contribution in [2.24, 2.45) is 0 Å². The number of hydrogen-bond acceptors (Lipinski definition) is 8. The van der Waals surface area contributed by atoms with Crippen LogP contribution in [0.4, 0.5) is 40.3 Å². The zero-order chi connectivity index (χ0) is 24.0. The summed E-state index contributed by atoms with van der Waals surface area (Å²) in [5.41, 5.74) is 2.36. The van der Waals surface area contributed by atoms with Crippen LogP contribution in [0.5, 0.6) is 0 Å². The quantitative estimate of drug-likeness (QED) is 0.525. The highest BCUT2D eigenvalue weighted by Crippen LogP contribution is 2.39. The van der Waals surface area contributed by atoms with Crippen LogP contribution in [-0.2, 0) is 17.3 Å². The molecule has 174 valence electrons. The Kier molecular flexibility index (Phi) is 5.64. The van der Waals surface area contributed by atoms with Crippen LogP contribution < -0.4 is 15.5 Å². The first-order valence-electron chi connectivity index (χ1n) is 9.86. The molecule has 4 heterocycles. The first-order valence-corrected chi connectivity index (χ1v) is 10.7. The van der Waals surface area contributed by atoms with Crippen LogP contribution in [0.25, 0.3) is 11.4 Å². The summed E-state index contributed by atoms with van der Waals surface area (Å²) in [6, 6.07) is 2.78. The summed E-state index contributed by atoms with van der Waals surface area (Å²) < 4.78 is 43.7. The van der Waals surface area contributed by atoms with Gasteiger partial charge in [-0.3, -0.25) is 10.3 Å². The highest BCUT2D eigenvalue weighted by molar-refractivity contribution is 7.14. The van der Waals surface area contributed by atoms with E-state index in [0.717, 1.165) is 25.3 Å². The zero-order valence-corrected chi connectivity index (χ0v) is 19.1. The number of fused-ring (bicyclic) bond motifs is 1. The summed E-state index contributed by atoms with van der Waals surface area (Å²) in [5.74, 6) is -0.000382. The maximum atomic E-state index is 13.1. The number of alkyl halides is 3. The molecule has 8 nitrogen and oxygen atoms in total. The van der Waals surface area contributed by atoms with E-state index in [1.807, 2.05) is 19.3 Å². The number of anilines is 4. The van der Waals surface area contributed by atoms with Crippen molar-refractivity contribution >= 4 is 39.8 Å². The van der Waals surface area contributed by atoms with Crippen LogP contribution in [0, 0.1) is 0 Å². The van der Waals surface area contributed by atoms with Gasteiger partial charge in [-0.25, -0.2) is 14.8 Å². The molecule has 0 saturated heterocycles. The highest BCUT2D eigenvalue weighted by atomic mass is 32.1. The normalized spacial score (nSPS) is 14.7. The topological polar surface area (TPSA) is 92.3 Å². The van der Waals surface area contributed by atoms with Crippen LogP contribution in [0.2, 0.25) is 0 Å². The first-order chi connectivity index (χ1) is 15.5. The van der Waals surface area contributed by atoms with Gasteiger partial charge in [0.05, 0.1) is 35.9 Å². The molecule has 12 heteroatoms. The lowest BCUT2D eigenvalue weighted by Crippen LogP contribution is -2.37. The molecule has 4 rings (SSSR count). The summed E-state index contributed by atoms with van der Waals surface area (Å²) in [7, 11) is 3.15. The molecule has 33 heavy (non-hydrogen) atoms. The van der Waals surface area contributed by atoms with Crippen LogP contribution in [0.1, 0.15) is 25.0 Å². The number of thiazole rings is 1. The summed E-state index contributed by atoms with van der Waals surface area (Å²) in [6.07, 6.45) is -2.16. The molecule has 1 aliphatic heterocycles. The van der Waals surface area contributed by atoms with Crippen molar-refractivity contribution in [1.29, 1.82) is 0 Å². The van der Waals surface area contributed by atoms with Gasteiger partial charge in [0.2, 0.25) is 0 Å². The Morgan fingerprint density at radius 3 is 2.67 bits per heavy atom. The number of likely N-dealkylation sites (N-methyl/N-ethyl adjacent to an activating group) is 1.